The maximum atomic E-state index is 11.3. The van der Waals surface area contributed by atoms with E-state index in [1.165, 1.54) is 13.8 Å². The first kappa shape index (κ1) is 11.9. The zero-order valence-corrected chi connectivity index (χ0v) is 8.67. The normalized spacial score (nSPS) is 12.4. The van der Waals surface area contributed by atoms with Gasteiger partial charge in [-0.25, -0.2) is 0 Å². The van der Waals surface area contributed by atoms with E-state index in [-0.39, 0.29) is 0 Å². The van der Waals surface area contributed by atoms with Crippen molar-refractivity contribution in [2.24, 2.45) is 5.41 Å². The van der Waals surface area contributed by atoms with Crippen LogP contribution in [0.3, 0.4) is 0 Å². The molecule has 0 aliphatic rings. The van der Waals surface area contributed by atoms with Crippen molar-refractivity contribution in [1.29, 1.82) is 0 Å². The number of esters is 1. The summed E-state index contributed by atoms with van der Waals surface area (Å²) in [5.74, 6) is -1.89. The number of carboxylic acid groups (broad SMARTS) is 1. The lowest BCUT2D eigenvalue weighted by atomic mass is 9.94. The number of hydrogen-bond donors (Lipinski definition) is 1. The van der Waals surface area contributed by atoms with E-state index in [0.717, 1.165) is 0 Å². The molecule has 0 bridgehead atoms. The Kier molecular flexibility index (Phi) is 3.08. The van der Waals surface area contributed by atoms with E-state index in [0.29, 0.717) is 0 Å². The summed E-state index contributed by atoms with van der Waals surface area (Å²) < 4.78 is 4.94. The number of aliphatic carboxylic acids is 1. The van der Waals surface area contributed by atoms with Crippen LogP contribution in [0.4, 0.5) is 0 Å². The van der Waals surface area contributed by atoms with E-state index in [9.17, 15) is 9.59 Å². The Labute approximate surface area is 77.9 Å². The van der Waals surface area contributed by atoms with Crippen molar-refractivity contribution >= 4 is 11.9 Å². The third-order valence-electron chi connectivity index (χ3n) is 1.44. The van der Waals surface area contributed by atoms with Crippen LogP contribution in [-0.4, -0.2) is 22.6 Å². The molecular formula is C9H16O4. The topological polar surface area (TPSA) is 63.6 Å². The number of carbonyl (C=O) groups is 2. The highest BCUT2D eigenvalue weighted by Crippen LogP contribution is 2.21. The highest BCUT2D eigenvalue weighted by molar-refractivity contribution is 5.98. The van der Waals surface area contributed by atoms with Crippen molar-refractivity contribution < 1.29 is 19.4 Å². The van der Waals surface area contributed by atoms with Crippen LogP contribution in [0, 0.1) is 5.41 Å². The van der Waals surface area contributed by atoms with Gasteiger partial charge in [-0.05, 0) is 34.6 Å². The molecule has 0 amide bonds. The second-order valence-corrected chi connectivity index (χ2v) is 4.43. The molecule has 76 valence electrons. The van der Waals surface area contributed by atoms with Gasteiger partial charge in [-0.2, -0.15) is 0 Å². The second kappa shape index (κ2) is 3.36. The van der Waals surface area contributed by atoms with Crippen LogP contribution in [0.5, 0.6) is 0 Å². The van der Waals surface area contributed by atoms with E-state index in [1.807, 2.05) is 0 Å². The summed E-state index contributed by atoms with van der Waals surface area (Å²) in [6.45, 7) is 7.74. The number of ether oxygens (including phenoxy) is 1. The fourth-order valence-electron chi connectivity index (χ4n) is 0.493. The summed E-state index contributed by atoms with van der Waals surface area (Å²) in [7, 11) is 0. The molecule has 0 aromatic heterocycles. The lowest BCUT2D eigenvalue weighted by molar-refractivity contribution is -0.174. The summed E-state index contributed by atoms with van der Waals surface area (Å²) in [6.07, 6.45) is 0. The molecule has 4 heteroatoms. The molecule has 0 aliphatic carbocycles. The van der Waals surface area contributed by atoms with Gasteiger partial charge in [0.25, 0.3) is 0 Å². The highest BCUT2D eigenvalue weighted by Gasteiger charge is 2.39. The summed E-state index contributed by atoms with van der Waals surface area (Å²) >= 11 is 0. The lowest BCUT2D eigenvalue weighted by Gasteiger charge is -2.25. The molecular weight excluding hydrogens is 172 g/mol. The number of hydrogen-bond acceptors (Lipinski definition) is 3. The molecule has 0 atom stereocenters. The van der Waals surface area contributed by atoms with E-state index in [1.54, 1.807) is 20.8 Å². The van der Waals surface area contributed by atoms with Gasteiger partial charge in [0.2, 0.25) is 0 Å². The van der Waals surface area contributed by atoms with Crippen LogP contribution in [0.2, 0.25) is 0 Å². The van der Waals surface area contributed by atoms with E-state index in [2.05, 4.69) is 0 Å². The molecule has 0 rings (SSSR count). The second-order valence-electron chi connectivity index (χ2n) is 4.43. The van der Waals surface area contributed by atoms with Gasteiger partial charge in [-0.15, -0.1) is 0 Å². The average molecular weight is 188 g/mol. The minimum Gasteiger partial charge on any atom is -0.480 e. The van der Waals surface area contributed by atoms with Crippen LogP contribution in [0.15, 0.2) is 0 Å². The predicted molar refractivity (Wildman–Crippen MR) is 47.3 cm³/mol. The smallest absolute Gasteiger partial charge is 0.323 e. The van der Waals surface area contributed by atoms with Gasteiger partial charge in [0.15, 0.2) is 5.41 Å². The lowest BCUT2D eigenvalue weighted by Crippen LogP contribution is -2.39. The zero-order chi connectivity index (χ0) is 10.9. The van der Waals surface area contributed by atoms with Crippen molar-refractivity contribution in [2.75, 3.05) is 0 Å². The molecule has 0 fully saturated rings. The van der Waals surface area contributed by atoms with Crippen molar-refractivity contribution in [1.82, 2.24) is 0 Å². The maximum Gasteiger partial charge on any atom is 0.323 e. The van der Waals surface area contributed by atoms with Crippen molar-refractivity contribution in [3.63, 3.8) is 0 Å². The van der Waals surface area contributed by atoms with Crippen molar-refractivity contribution in [2.45, 2.75) is 40.2 Å². The molecule has 0 saturated heterocycles. The summed E-state index contributed by atoms with van der Waals surface area (Å²) in [5, 5.41) is 8.71. The average Bonchev–Trinajstić information content (AvgIpc) is 1.82. The Bertz CT molecular complexity index is 222. The van der Waals surface area contributed by atoms with Crippen molar-refractivity contribution in [3.05, 3.63) is 0 Å². The van der Waals surface area contributed by atoms with Gasteiger partial charge < -0.3 is 9.84 Å². The van der Waals surface area contributed by atoms with Gasteiger partial charge in [0, 0.05) is 0 Å². The summed E-state index contributed by atoms with van der Waals surface area (Å²) in [5.41, 5.74) is -2.13. The maximum absolute atomic E-state index is 11.3. The molecule has 4 nitrogen and oxygen atoms in total. The van der Waals surface area contributed by atoms with Gasteiger partial charge in [0.1, 0.15) is 5.60 Å². The van der Waals surface area contributed by atoms with Crippen LogP contribution < -0.4 is 0 Å². The third kappa shape index (κ3) is 3.44. The SMILES string of the molecule is CC(C)(C)OC(=O)C(C)(C)C(=O)O. The minimum atomic E-state index is -1.48. The Balaban J connectivity index is 4.53. The Morgan fingerprint density at radius 3 is 1.69 bits per heavy atom. The van der Waals surface area contributed by atoms with Gasteiger partial charge in [-0.1, -0.05) is 0 Å². The predicted octanol–water partition coefficient (Wildman–Crippen LogP) is 1.44. The fraction of sp³-hybridized carbons (Fsp3) is 0.778. The molecule has 1 N–H and O–H groups in total. The molecule has 0 aliphatic heterocycles. The van der Waals surface area contributed by atoms with Crippen LogP contribution in [0.1, 0.15) is 34.6 Å². The molecule has 0 radical (unpaired) electrons. The van der Waals surface area contributed by atoms with Crippen molar-refractivity contribution in [3.8, 4) is 0 Å². The van der Waals surface area contributed by atoms with Gasteiger partial charge >= 0.3 is 11.9 Å². The fourth-order valence-corrected chi connectivity index (χ4v) is 0.493. The Morgan fingerprint density at radius 1 is 1.08 bits per heavy atom. The Morgan fingerprint density at radius 2 is 1.46 bits per heavy atom. The van der Waals surface area contributed by atoms with Gasteiger partial charge in [-0.3, -0.25) is 9.59 Å². The number of carbonyl (C=O) groups excluding carboxylic acids is 1. The molecule has 0 aromatic rings. The molecule has 0 spiro atoms. The molecule has 13 heavy (non-hydrogen) atoms. The zero-order valence-electron chi connectivity index (χ0n) is 8.67. The van der Waals surface area contributed by atoms with E-state index in [4.69, 9.17) is 9.84 Å². The van der Waals surface area contributed by atoms with E-state index >= 15 is 0 Å². The van der Waals surface area contributed by atoms with E-state index < -0.39 is 23.0 Å². The standard InChI is InChI=1S/C9H16O4/c1-8(2,3)13-7(12)9(4,5)6(10)11/h1-5H3,(H,10,11). The van der Waals surface area contributed by atoms with Crippen LogP contribution >= 0.6 is 0 Å². The first-order valence-electron chi connectivity index (χ1n) is 4.04. The third-order valence-corrected chi connectivity index (χ3v) is 1.44. The number of carboxylic acids is 1. The molecule has 0 saturated carbocycles. The monoisotopic (exact) mass is 188 g/mol. The first-order chi connectivity index (χ1) is 5.57. The summed E-state index contributed by atoms with van der Waals surface area (Å²) in [6, 6.07) is 0. The number of rotatable bonds is 2. The highest BCUT2D eigenvalue weighted by atomic mass is 16.6. The molecule has 0 heterocycles. The van der Waals surface area contributed by atoms with Crippen LogP contribution in [-0.2, 0) is 14.3 Å². The largest absolute Gasteiger partial charge is 0.480 e. The minimum absolute atomic E-state index is 0.649. The Hall–Kier alpha value is -1.06. The molecule has 0 aromatic carbocycles. The van der Waals surface area contributed by atoms with Crippen LogP contribution in [0.25, 0.3) is 0 Å². The van der Waals surface area contributed by atoms with Gasteiger partial charge in [0.05, 0.1) is 0 Å². The molecule has 0 unspecified atom stereocenters. The first-order valence-corrected chi connectivity index (χ1v) is 4.04. The summed E-state index contributed by atoms with van der Waals surface area (Å²) in [4.78, 5) is 22.0. The quantitative estimate of drug-likeness (QED) is 0.526.